The van der Waals surface area contributed by atoms with Crippen molar-refractivity contribution in [3.63, 3.8) is 0 Å². The van der Waals surface area contributed by atoms with Crippen molar-refractivity contribution >= 4 is 17.7 Å². The molecule has 1 aliphatic rings. The van der Waals surface area contributed by atoms with Gasteiger partial charge in [-0.15, -0.1) is 0 Å². The number of nitro benzene ring substituents is 1. The molecule has 1 fully saturated rings. The lowest BCUT2D eigenvalue weighted by molar-refractivity contribution is -0.385. The second kappa shape index (κ2) is 7.76. The normalized spacial score (nSPS) is 15.0. The van der Waals surface area contributed by atoms with Crippen LogP contribution in [0.2, 0.25) is 0 Å². The minimum atomic E-state index is -0.558. The topological polar surface area (TPSA) is 102 Å². The molecule has 0 spiro atoms. The molecule has 1 aliphatic heterocycles. The average molecular weight is 335 g/mol. The summed E-state index contributed by atoms with van der Waals surface area (Å²) in [6.07, 6.45) is 0.825. The number of aryl methyl sites for hydroxylation is 1. The van der Waals surface area contributed by atoms with Gasteiger partial charge in [0.2, 0.25) is 0 Å². The molecule has 0 unspecified atom stereocenters. The van der Waals surface area contributed by atoms with Crippen LogP contribution in [-0.2, 0) is 4.74 Å². The first kappa shape index (κ1) is 17.7. The monoisotopic (exact) mass is 335 g/mol. The van der Waals surface area contributed by atoms with Gasteiger partial charge in [-0.2, -0.15) is 0 Å². The van der Waals surface area contributed by atoms with Crippen molar-refractivity contribution in [2.75, 3.05) is 19.7 Å². The smallest absolute Gasteiger partial charge is 0.409 e. The number of benzene rings is 1. The number of piperidine rings is 1. The lowest BCUT2D eigenvalue weighted by atomic mass is 10.0. The van der Waals surface area contributed by atoms with Gasteiger partial charge in [-0.25, -0.2) is 4.79 Å². The Morgan fingerprint density at radius 2 is 2.04 bits per heavy atom. The van der Waals surface area contributed by atoms with Gasteiger partial charge in [-0.1, -0.05) is 6.07 Å². The highest BCUT2D eigenvalue weighted by Crippen LogP contribution is 2.21. The molecule has 0 bridgehead atoms. The Kier molecular flexibility index (Phi) is 5.73. The largest absolute Gasteiger partial charge is 0.450 e. The Balaban J connectivity index is 1.98. The minimum Gasteiger partial charge on any atom is -0.450 e. The van der Waals surface area contributed by atoms with Gasteiger partial charge >= 0.3 is 6.09 Å². The molecule has 1 aromatic carbocycles. The predicted molar refractivity (Wildman–Crippen MR) is 86.9 cm³/mol. The first-order valence-electron chi connectivity index (χ1n) is 7.90. The van der Waals surface area contributed by atoms with E-state index in [4.69, 9.17) is 4.74 Å². The predicted octanol–water partition coefficient (Wildman–Crippen LogP) is 2.25. The van der Waals surface area contributed by atoms with Crippen molar-refractivity contribution in [2.45, 2.75) is 32.7 Å². The van der Waals surface area contributed by atoms with Crippen LogP contribution >= 0.6 is 0 Å². The van der Waals surface area contributed by atoms with Crippen molar-refractivity contribution in [3.05, 3.63) is 39.4 Å². The lowest BCUT2D eigenvalue weighted by Crippen LogP contribution is -2.46. The van der Waals surface area contributed by atoms with Gasteiger partial charge in [0.1, 0.15) is 5.56 Å². The van der Waals surface area contributed by atoms with E-state index in [9.17, 15) is 19.7 Å². The first-order valence-corrected chi connectivity index (χ1v) is 7.90. The summed E-state index contributed by atoms with van der Waals surface area (Å²) in [7, 11) is 0. The highest BCUT2D eigenvalue weighted by Gasteiger charge is 2.27. The maximum Gasteiger partial charge on any atom is 0.409 e. The summed E-state index contributed by atoms with van der Waals surface area (Å²) in [5, 5.41) is 13.9. The number of nitrogens with one attached hydrogen (secondary N) is 1. The van der Waals surface area contributed by atoms with E-state index < -0.39 is 10.8 Å². The van der Waals surface area contributed by atoms with Gasteiger partial charge in [-0.3, -0.25) is 14.9 Å². The summed E-state index contributed by atoms with van der Waals surface area (Å²) < 4.78 is 4.95. The molecule has 1 aromatic rings. The number of ether oxygens (including phenoxy) is 1. The number of amides is 2. The molecule has 1 heterocycles. The van der Waals surface area contributed by atoms with Crippen LogP contribution in [0.3, 0.4) is 0 Å². The summed E-state index contributed by atoms with van der Waals surface area (Å²) >= 11 is 0. The van der Waals surface area contributed by atoms with E-state index in [-0.39, 0.29) is 23.4 Å². The standard InChI is InChI=1S/C16H21N3O5/c1-3-24-16(21)18-8-6-12(7-9-18)17-15(20)13-10-11(2)4-5-14(13)19(22)23/h4-5,10,12H,3,6-9H2,1-2H3,(H,17,20). The van der Waals surface area contributed by atoms with Crippen molar-refractivity contribution in [1.29, 1.82) is 0 Å². The van der Waals surface area contributed by atoms with Crippen LogP contribution in [0.15, 0.2) is 18.2 Å². The van der Waals surface area contributed by atoms with Crippen molar-refractivity contribution in [1.82, 2.24) is 10.2 Å². The molecule has 1 N–H and O–H groups in total. The summed E-state index contributed by atoms with van der Waals surface area (Å²) in [5.41, 5.74) is 0.637. The zero-order valence-electron chi connectivity index (χ0n) is 13.8. The van der Waals surface area contributed by atoms with E-state index in [2.05, 4.69) is 5.32 Å². The number of hydrogen-bond donors (Lipinski definition) is 1. The molecule has 8 heteroatoms. The fraction of sp³-hybridized carbons (Fsp3) is 0.500. The van der Waals surface area contributed by atoms with Crippen molar-refractivity contribution in [3.8, 4) is 0 Å². The van der Waals surface area contributed by atoms with Gasteiger partial charge in [0, 0.05) is 25.2 Å². The fourth-order valence-electron chi connectivity index (χ4n) is 2.68. The average Bonchev–Trinajstić information content (AvgIpc) is 2.55. The quantitative estimate of drug-likeness (QED) is 0.671. The molecule has 8 nitrogen and oxygen atoms in total. The maximum absolute atomic E-state index is 12.4. The highest BCUT2D eigenvalue weighted by atomic mass is 16.6. The van der Waals surface area contributed by atoms with Crippen molar-refractivity contribution in [2.24, 2.45) is 0 Å². The Morgan fingerprint density at radius 1 is 1.38 bits per heavy atom. The van der Waals surface area contributed by atoms with Crippen LogP contribution in [-0.4, -0.2) is 47.6 Å². The van der Waals surface area contributed by atoms with E-state index in [1.807, 2.05) is 0 Å². The van der Waals surface area contributed by atoms with Crippen LogP contribution in [0.4, 0.5) is 10.5 Å². The summed E-state index contributed by atoms with van der Waals surface area (Å²) in [4.78, 5) is 36.2. The highest BCUT2D eigenvalue weighted by molar-refractivity contribution is 5.98. The fourth-order valence-corrected chi connectivity index (χ4v) is 2.68. The molecule has 0 aliphatic carbocycles. The van der Waals surface area contributed by atoms with Crippen LogP contribution < -0.4 is 5.32 Å². The number of carbonyl (C=O) groups is 2. The third kappa shape index (κ3) is 4.21. The Morgan fingerprint density at radius 3 is 2.62 bits per heavy atom. The van der Waals surface area contributed by atoms with Gasteiger partial charge in [0.05, 0.1) is 11.5 Å². The number of likely N-dealkylation sites (tertiary alicyclic amines) is 1. The van der Waals surface area contributed by atoms with E-state index in [0.29, 0.717) is 32.5 Å². The maximum atomic E-state index is 12.4. The molecule has 0 aromatic heterocycles. The number of nitrogens with zero attached hydrogens (tertiary/aromatic N) is 2. The van der Waals surface area contributed by atoms with Crippen LogP contribution in [0.1, 0.15) is 35.7 Å². The van der Waals surface area contributed by atoms with Crippen LogP contribution in [0.25, 0.3) is 0 Å². The first-order chi connectivity index (χ1) is 11.4. The molecule has 24 heavy (non-hydrogen) atoms. The van der Waals surface area contributed by atoms with E-state index in [0.717, 1.165) is 5.56 Å². The zero-order valence-corrected chi connectivity index (χ0v) is 13.8. The van der Waals surface area contributed by atoms with Crippen LogP contribution in [0.5, 0.6) is 0 Å². The third-order valence-electron chi connectivity index (χ3n) is 3.95. The summed E-state index contributed by atoms with van der Waals surface area (Å²) in [6.45, 7) is 4.82. The molecule has 130 valence electrons. The molecule has 2 rings (SSSR count). The van der Waals surface area contributed by atoms with E-state index in [1.165, 1.54) is 12.1 Å². The van der Waals surface area contributed by atoms with Gasteiger partial charge in [0.15, 0.2) is 0 Å². The Hall–Kier alpha value is -2.64. The molecule has 1 saturated heterocycles. The lowest BCUT2D eigenvalue weighted by Gasteiger charge is -2.31. The minimum absolute atomic E-state index is 0.0628. The van der Waals surface area contributed by atoms with Crippen molar-refractivity contribution < 1.29 is 19.2 Å². The van der Waals surface area contributed by atoms with Gasteiger partial charge < -0.3 is 15.0 Å². The zero-order chi connectivity index (χ0) is 17.7. The summed E-state index contributed by atoms with van der Waals surface area (Å²) in [6, 6.07) is 4.34. The number of nitro groups is 1. The number of hydrogen-bond acceptors (Lipinski definition) is 5. The van der Waals surface area contributed by atoms with E-state index >= 15 is 0 Å². The second-order valence-electron chi connectivity index (χ2n) is 5.71. The number of carbonyl (C=O) groups excluding carboxylic acids is 2. The third-order valence-corrected chi connectivity index (χ3v) is 3.95. The van der Waals surface area contributed by atoms with E-state index in [1.54, 1.807) is 24.8 Å². The molecular weight excluding hydrogens is 314 g/mol. The SMILES string of the molecule is CCOC(=O)N1CCC(NC(=O)c2cc(C)ccc2[N+](=O)[O-])CC1. The summed E-state index contributed by atoms with van der Waals surface area (Å²) in [5.74, 6) is -0.458. The Bertz CT molecular complexity index is 639. The molecule has 2 amide bonds. The molecule has 0 radical (unpaired) electrons. The van der Waals surface area contributed by atoms with Gasteiger partial charge in [-0.05, 0) is 38.3 Å². The molecule has 0 atom stereocenters. The second-order valence-corrected chi connectivity index (χ2v) is 5.71. The van der Waals surface area contributed by atoms with Gasteiger partial charge in [0.25, 0.3) is 11.6 Å². The molecule has 0 saturated carbocycles. The van der Waals surface area contributed by atoms with Crippen LogP contribution in [0, 0.1) is 17.0 Å². The number of rotatable bonds is 4. The Labute approximate surface area is 139 Å². The molecular formula is C16H21N3O5.